The monoisotopic (exact) mass is 313 g/mol. The molecule has 0 unspecified atom stereocenters. The third kappa shape index (κ3) is 4.45. The van der Waals surface area contributed by atoms with E-state index in [0.29, 0.717) is 5.75 Å². The lowest BCUT2D eigenvalue weighted by molar-refractivity contribution is -0.123. The maximum absolute atomic E-state index is 12.0. The van der Waals surface area contributed by atoms with E-state index < -0.39 is 0 Å². The Labute approximate surface area is 137 Å². The minimum atomic E-state index is -0.109. The molecule has 0 aliphatic rings. The van der Waals surface area contributed by atoms with Gasteiger partial charge in [0, 0.05) is 24.0 Å². The summed E-state index contributed by atoms with van der Waals surface area (Å²) in [4.78, 5) is 16.0. The fourth-order valence-electron chi connectivity index (χ4n) is 2.29. The van der Waals surface area contributed by atoms with Gasteiger partial charge in [0.15, 0.2) is 6.61 Å². The lowest BCUT2D eigenvalue weighted by Crippen LogP contribution is -2.37. The normalized spacial score (nSPS) is 10.6. The number of hydrogen-bond acceptors (Lipinski definition) is 3. The Bertz CT molecular complexity index is 646. The van der Waals surface area contributed by atoms with Crippen LogP contribution in [0, 0.1) is 0 Å². The highest BCUT2D eigenvalue weighted by molar-refractivity contribution is 5.78. The Kier molecular flexibility index (Phi) is 5.97. The zero-order valence-electron chi connectivity index (χ0n) is 13.7. The van der Waals surface area contributed by atoms with Crippen molar-refractivity contribution in [1.82, 2.24) is 14.9 Å². The summed E-state index contributed by atoms with van der Waals surface area (Å²) in [6.07, 6.45) is 7.02. The van der Waals surface area contributed by atoms with E-state index in [9.17, 15) is 4.79 Å². The summed E-state index contributed by atoms with van der Waals surface area (Å²) in [6.45, 7) is 8.17. The Hall–Kier alpha value is -2.56. The number of carbonyl (C=O) groups is 1. The number of aromatic nitrogens is 2. The summed E-state index contributed by atoms with van der Waals surface area (Å²) < 4.78 is 7.51. The van der Waals surface area contributed by atoms with Crippen molar-refractivity contribution in [2.75, 3.05) is 6.61 Å². The van der Waals surface area contributed by atoms with Gasteiger partial charge in [-0.2, -0.15) is 0 Å². The van der Waals surface area contributed by atoms with Crippen LogP contribution in [0.15, 0.2) is 49.6 Å². The fraction of sp³-hybridized carbons (Fsp3) is 0.333. The van der Waals surface area contributed by atoms with Crippen molar-refractivity contribution in [2.45, 2.75) is 32.7 Å². The van der Waals surface area contributed by atoms with Crippen molar-refractivity contribution in [3.8, 4) is 5.75 Å². The number of carbonyl (C=O) groups excluding carboxylic acids is 1. The maximum Gasteiger partial charge on any atom is 0.258 e. The molecule has 1 heterocycles. The number of imidazole rings is 1. The average Bonchev–Trinajstić information content (AvgIpc) is 3.12. The standard InChI is InChI=1S/C18H23N3O2/c1-4-15(5-2)20-18(22)12-23-17-9-7-6-8-16(17)14(3)21-11-10-19-13-21/h6-11,13,15H,3-5,12H2,1-2H3,(H,20,22). The summed E-state index contributed by atoms with van der Waals surface area (Å²) in [7, 11) is 0. The third-order valence-corrected chi connectivity index (χ3v) is 3.72. The summed E-state index contributed by atoms with van der Waals surface area (Å²) in [6, 6.07) is 7.73. The summed E-state index contributed by atoms with van der Waals surface area (Å²) in [5, 5.41) is 2.96. The van der Waals surface area contributed by atoms with E-state index in [1.165, 1.54) is 0 Å². The first-order valence-electron chi connectivity index (χ1n) is 7.84. The van der Waals surface area contributed by atoms with Crippen LogP contribution < -0.4 is 10.1 Å². The molecule has 5 heteroatoms. The van der Waals surface area contributed by atoms with Crippen LogP contribution in [0.5, 0.6) is 5.75 Å². The predicted octanol–water partition coefficient (Wildman–Crippen LogP) is 3.09. The van der Waals surface area contributed by atoms with Crippen LogP contribution in [0.1, 0.15) is 32.3 Å². The first-order chi connectivity index (χ1) is 11.2. The Balaban J connectivity index is 2.04. The third-order valence-electron chi connectivity index (χ3n) is 3.72. The average molecular weight is 313 g/mol. The van der Waals surface area contributed by atoms with Crippen LogP contribution in [0.3, 0.4) is 0 Å². The van der Waals surface area contributed by atoms with Crippen LogP contribution in [0.2, 0.25) is 0 Å². The minimum absolute atomic E-state index is 0.00920. The molecule has 23 heavy (non-hydrogen) atoms. The van der Waals surface area contributed by atoms with E-state index >= 15 is 0 Å². The second kappa shape index (κ2) is 8.17. The number of ether oxygens (including phenoxy) is 1. The molecule has 0 aliphatic carbocycles. The Morgan fingerprint density at radius 2 is 2.09 bits per heavy atom. The van der Waals surface area contributed by atoms with Crippen molar-refractivity contribution in [1.29, 1.82) is 0 Å². The molecular formula is C18H23N3O2. The molecule has 2 aromatic rings. The molecule has 0 spiro atoms. The number of nitrogens with zero attached hydrogens (tertiary/aromatic N) is 2. The topological polar surface area (TPSA) is 56.1 Å². The summed E-state index contributed by atoms with van der Waals surface area (Å²) >= 11 is 0. The molecule has 0 saturated heterocycles. The molecule has 1 aromatic carbocycles. The highest BCUT2D eigenvalue weighted by atomic mass is 16.5. The van der Waals surface area contributed by atoms with Gasteiger partial charge in [-0.25, -0.2) is 4.98 Å². The van der Waals surface area contributed by atoms with Crippen LogP contribution in [-0.2, 0) is 4.79 Å². The molecule has 0 atom stereocenters. The number of rotatable bonds is 8. The smallest absolute Gasteiger partial charge is 0.258 e. The quantitative estimate of drug-likeness (QED) is 0.815. The lowest BCUT2D eigenvalue weighted by atomic mass is 10.1. The maximum atomic E-state index is 12.0. The van der Waals surface area contributed by atoms with E-state index in [2.05, 4.69) is 30.7 Å². The van der Waals surface area contributed by atoms with E-state index in [1.807, 2.05) is 35.0 Å². The molecule has 1 aromatic heterocycles. The van der Waals surface area contributed by atoms with Crippen LogP contribution in [0.25, 0.3) is 5.70 Å². The van der Waals surface area contributed by atoms with Crippen molar-refractivity contribution in [3.63, 3.8) is 0 Å². The molecule has 0 aliphatic heterocycles. The second-order valence-electron chi connectivity index (χ2n) is 5.28. The first kappa shape index (κ1) is 16.8. The molecule has 0 bridgehead atoms. The van der Waals surface area contributed by atoms with Gasteiger partial charge >= 0.3 is 0 Å². The van der Waals surface area contributed by atoms with E-state index in [0.717, 1.165) is 24.1 Å². The minimum Gasteiger partial charge on any atom is -0.483 e. The molecule has 1 N–H and O–H groups in total. The van der Waals surface area contributed by atoms with Crippen LogP contribution in [-0.4, -0.2) is 28.1 Å². The number of benzene rings is 1. The van der Waals surface area contributed by atoms with Gasteiger partial charge in [0.05, 0.1) is 12.0 Å². The molecular weight excluding hydrogens is 290 g/mol. The van der Waals surface area contributed by atoms with Crippen molar-refractivity contribution >= 4 is 11.6 Å². The van der Waals surface area contributed by atoms with Gasteiger partial charge in [0.1, 0.15) is 5.75 Å². The predicted molar refractivity (Wildman–Crippen MR) is 91.1 cm³/mol. The van der Waals surface area contributed by atoms with Gasteiger partial charge in [-0.1, -0.05) is 32.6 Å². The van der Waals surface area contributed by atoms with Crippen LogP contribution in [0.4, 0.5) is 0 Å². The van der Waals surface area contributed by atoms with Gasteiger partial charge in [-0.05, 0) is 25.0 Å². The zero-order valence-corrected chi connectivity index (χ0v) is 13.7. The van der Waals surface area contributed by atoms with Gasteiger partial charge in [-0.3, -0.25) is 4.79 Å². The van der Waals surface area contributed by atoms with E-state index in [1.54, 1.807) is 12.5 Å². The van der Waals surface area contributed by atoms with Gasteiger partial charge in [0.2, 0.25) is 0 Å². The molecule has 122 valence electrons. The fourth-order valence-corrected chi connectivity index (χ4v) is 2.29. The van der Waals surface area contributed by atoms with Gasteiger partial charge in [-0.15, -0.1) is 0 Å². The molecule has 5 nitrogen and oxygen atoms in total. The molecule has 2 rings (SSSR count). The largest absolute Gasteiger partial charge is 0.483 e. The zero-order chi connectivity index (χ0) is 16.7. The van der Waals surface area contributed by atoms with Crippen molar-refractivity contribution in [2.24, 2.45) is 0 Å². The molecule has 0 radical (unpaired) electrons. The number of amides is 1. The lowest BCUT2D eigenvalue weighted by Gasteiger charge is -2.16. The molecule has 0 fully saturated rings. The first-order valence-corrected chi connectivity index (χ1v) is 7.84. The Morgan fingerprint density at radius 3 is 2.74 bits per heavy atom. The second-order valence-corrected chi connectivity index (χ2v) is 5.28. The number of nitrogens with one attached hydrogen (secondary N) is 1. The SMILES string of the molecule is C=C(c1ccccc1OCC(=O)NC(CC)CC)n1ccnc1. The van der Waals surface area contributed by atoms with Crippen molar-refractivity contribution < 1.29 is 9.53 Å². The van der Waals surface area contributed by atoms with Crippen molar-refractivity contribution in [3.05, 3.63) is 55.1 Å². The Morgan fingerprint density at radius 1 is 1.35 bits per heavy atom. The highest BCUT2D eigenvalue weighted by Gasteiger charge is 2.12. The van der Waals surface area contributed by atoms with Crippen LogP contribution >= 0.6 is 0 Å². The van der Waals surface area contributed by atoms with Gasteiger partial charge < -0.3 is 14.6 Å². The summed E-state index contributed by atoms with van der Waals surface area (Å²) in [5.41, 5.74) is 1.58. The highest BCUT2D eigenvalue weighted by Crippen LogP contribution is 2.25. The number of hydrogen-bond donors (Lipinski definition) is 1. The van der Waals surface area contributed by atoms with E-state index in [-0.39, 0.29) is 18.6 Å². The summed E-state index contributed by atoms with van der Waals surface area (Å²) in [5.74, 6) is 0.521. The molecule has 0 saturated carbocycles. The van der Waals surface area contributed by atoms with Gasteiger partial charge in [0.25, 0.3) is 5.91 Å². The van der Waals surface area contributed by atoms with E-state index in [4.69, 9.17) is 4.74 Å². The number of para-hydroxylation sites is 1. The molecule has 1 amide bonds.